The zero-order chi connectivity index (χ0) is 21.4. The third-order valence-corrected chi connectivity index (χ3v) is 4.81. The molecule has 29 heavy (non-hydrogen) atoms. The molecule has 0 aliphatic carbocycles. The monoisotopic (exact) mass is 405 g/mol. The van der Waals surface area contributed by atoms with Crippen LogP contribution in [0.4, 0.5) is 9.59 Å². The lowest BCUT2D eigenvalue weighted by Crippen LogP contribution is -2.45. The number of benzene rings is 1. The molecule has 2 unspecified atom stereocenters. The standard InChI is InChI=1S/C20H27N3O6/c1-3-15(18(25)26)23-17(24)16(22(4-2)20(23)28)11-8-12-21-19(27)29-13-14-9-6-5-7-10-14/h5-7,9-10,15-16H,3-4,8,11-13H2,1-2H3,(H,21,27)(H,25,26). The van der Waals surface area contributed by atoms with Crippen LogP contribution >= 0.6 is 0 Å². The van der Waals surface area contributed by atoms with Gasteiger partial charge in [0.25, 0.3) is 5.91 Å². The molecular formula is C20H27N3O6. The van der Waals surface area contributed by atoms with E-state index in [0.717, 1.165) is 10.5 Å². The number of carbonyl (C=O) groups excluding carboxylic acids is 3. The maximum atomic E-state index is 12.7. The maximum absolute atomic E-state index is 12.7. The molecule has 1 saturated heterocycles. The number of carboxylic acid groups (broad SMARTS) is 1. The van der Waals surface area contributed by atoms with Gasteiger partial charge in [-0.2, -0.15) is 0 Å². The van der Waals surface area contributed by atoms with Crippen LogP contribution in [0.3, 0.4) is 0 Å². The van der Waals surface area contributed by atoms with Gasteiger partial charge in [0.1, 0.15) is 18.7 Å². The minimum atomic E-state index is -1.20. The molecule has 9 heteroatoms. The van der Waals surface area contributed by atoms with E-state index in [1.807, 2.05) is 30.3 Å². The Kier molecular flexibility index (Phi) is 7.99. The van der Waals surface area contributed by atoms with Gasteiger partial charge in [0.05, 0.1) is 0 Å². The van der Waals surface area contributed by atoms with Crippen molar-refractivity contribution in [1.29, 1.82) is 0 Å². The zero-order valence-electron chi connectivity index (χ0n) is 16.7. The summed E-state index contributed by atoms with van der Waals surface area (Å²) in [6, 6.07) is 6.82. The highest BCUT2D eigenvalue weighted by molar-refractivity contribution is 6.06. The normalized spacial score (nSPS) is 17.4. The van der Waals surface area contributed by atoms with Gasteiger partial charge in [-0.15, -0.1) is 0 Å². The van der Waals surface area contributed by atoms with E-state index < -0.39 is 36.1 Å². The molecule has 0 bridgehead atoms. The second kappa shape index (κ2) is 10.4. The summed E-state index contributed by atoms with van der Waals surface area (Å²) in [6.07, 6.45) is 0.349. The largest absolute Gasteiger partial charge is 0.480 e. The number of carboxylic acids is 1. The molecule has 4 amide bonds. The summed E-state index contributed by atoms with van der Waals surface area (Å²) < 4.78 is 5.12. The first-order valence-electron chi connectivity index (χ1n) is 9.71. The van der Waals surface area contributed by atoms with Gasteiger partial charge in [0.15, 0.2) is 0 Å². The van der Waals surface area contributed by atoms with Crippen LogP contribution in [-0.2, 0) is 20.9 Å². The Morgan fingerprint density at radius 2 is 1.90 bits per heavy atom. The molecule has 0 aromatic heterocycles. The van der Waals surface area contributed by atoms with E-state index in [-0.39, 0.29) is 19.6 Å². The van der Waals surface area contributed by atoms with Gasteiger partial charge in [0.2, 0.25) is 0 Å². The van der Waals surface area contributed by atoms with E-state index >= 15 is 0 Å². The molecular weight excluding hydrogens is 378 g/mol. The smallest absolute Gasteiger partial charge is 0.407 e. The molecule has 2 rings (SSSR count). The topological polar surface area (TPSA) is 116 Å². The van der Waals surface area contributed by atoms with Crippen LogP contribution < -0.4 is 5.32 Å². The molecule has 1 aliphatic heterocycles. The summed E-state index contributed by atoms with van der Waals surface area (Å²) in [4.78, 5) is 50.5. The zero-order valence-corrected chi connectivity index (χ0v) is 16.7. The summed E-state index contributed by atoms with van der Waals surface area (Å²) in [5, 5.41) is 11.9. The van der Waals surface area contributed by atoms with E-state index in [1.165, 1.54) is 4.90 Å². The summed E-state index contributed by atoms with van der Waals surface area (Å²) in [5.74, 6) is -1.70. The lowest BCUT2D eigenvalue weighted by atomic mass is 10.1. The van der Waals surface area contributed by atoms with Gasteiger partial charge in [-0.3, -0.25) is 4.79 Å². The number of hydrogen-bond acceptors (Lipinski definition) is 5. The molecule has 2 atom stereocenters. The van der Waals surface area contributed by atoms with Crippen molar-refractivity contribution in [1.82, 2.24) is 15.1 Å². The van der Waals surface area contributed by atoms with E-state index in [9.17, 15) is 24.3 Å². The number of hydrogen-bond donors (Lipinski definition) is 2. The van der Waals surface area contributed by atoms with Crippen LogP contribution in [0.1, 0.15) is 38.7 Å². The second-order valence-electron chi connectivity index (χ2n) is 6.69. The van der Waals surface area contributed by atoms with Gasteiger partial charge in [0, 0.05) is 13.1 Å². The highest BCUT2D eigenvalue weighted by Crippen LogP contribution is 2.24. The fraction of sp³-hybridized carbons (Fsp3) is 0.500. The Morgan fingerprint density at radius 1 is 1.21 bits per heavy atom. The fourth-order valence-corrected chi connectivity index (χ4v) is 3.31. The number of aliphatic carboxylic acids is 1. The molecule has 158 valence electrons. The van der Waals surface area contributed by atoms with Crippen molar-refractivity contribution >= 4 is 24.0 Å². The second-order valence-corrected chi connectivity index (χ2v) is 6.69. The van der Waals surface area contributed by atoms with Crippen LogP contribution in [0.5, 0.6) is 0 Å². The van der Waals surface area contributed by atoms with Gasteiger partial charge in [-0.05, 0) is 31.7 Å². The van der Waals surface area contributed by atoms with Gasteiger partial charge < -0.3 is 20.1 Å². The Balaban J connectivity index is 1.82. The predicted molar refractivity (Wildman–Crippen MR) is 104 cm³/mol. The summed E-state index contributed by atoms with van der Waals surface area (Å²) in [7, 11) is 0. The number of carbonyl (C=O) groups is 4. The van der Waals surface area contributed by atoms with E-state index in [0.29, 0.717) is 19.4 Å². The van der Waals surface area contributed by atoms with Crippen molar-refractivity contribution in [3.63, 3.8) is 0 Å². The van der Waals surface area contributed by atoms with Crippen LogP contribution in [0.15, 0.2) is 30.3 Å². The summed E-state index contributed by atoms with van der Waals surface area (Å²) in [6.45, 7) is 4.10. The number of rotatable bonds is 10. The number of alkyl carbamates (subject to hydrolysis) is 1. The summed E-state index contributed by atoms with van der Waals surface area (Å²) >= 11 is 0. The number of likely N-dealkylation sites (N-methyl/N-ethyl adjacent to an activating group) is 1. The van der Waals surface area contributed by atoms with Gasteiger partial charge >= 0.3 is 18.1 Å². The third-order valence-electron chi connectivity index (χ3n) is 4.81. The van der Waals surface area contributed by atoms with Crippen molar-refractivity contribution in [3.8, 4) is 0 Å². The van der Waals surface area contributed by atoms with Crippen molar-refractivity contribution in [2.45, 2.75) is 51.8 Å². The molecule has 0 radical (unpaired) electrons. The first-order valence-corrected chi connectivity index (χ1v) is 9.71. The van der Waals surface area contributed by atoms with Crippen LogP contribution in [-0.4, -0.2) is 64.1 Å². The van der Waals surface area contributed by atoms with Crippen LogP contribution in [0.2, 0.25) is 0 Å². The third kappa shape index (κ3) is 5.46. The average molecular weight is 405 g/mol. The van der Waals surface area contributed by atoms with E-state index in [1.54, 1.807) is 13.8 Å². The first kappa shape index (κ1) is 22.2. The van der Waals surface area contributed by atoms with Gasteiger partial charge in [-0.25, -0.2) is 19.3 Å². The Labute approximate surface area is 169 Å². The number of nitrogens with one attached hydrogen (secondary N) is 1. The van der Waals surface area contributed by atoms with E-state index in [4.69, 9.17) is 4.74 Å². The highest BCUT2D eigenvalue weighted by atomic mass is 16.5. The Bertz CT molecular complexity index is 739. The predicted octanol–water partition coefficient (Wildman–Crippen LogP) is 2.21. The van der Waals surface area contributed by atoms with Crippen LogP contribution in [0.25, 0.3) is 0 Å². The molecule has 1 fully saturated rings. The van der Waals surface area contributed by atoms with Gasteiger partial charge in [-0.1, -0.05) is 37.3 Å². The maximum Gasteiger partial charge on any atom is 0.407 e. The van der Waals surface area contributed by atoms with Crippen molar-refractivity contribution in [2.75, 3.05) is 13.1 Å². The molecule has 2 N–H and O–H groups in total. The highest BCUT2D eigenvalue weighted by Gasteiger charge is 2.48. The number of imide groups is 1. The number of urea groups is 1. The molecule has 1 heterocycles. The Morgan fingerprint density at radius 3 is 2.48 bits per heavy atom. The average Bonchev–Trinajstić information content (AvgIpc) is 2.94. The lowest BCUT2D eigenvalue weighted by Gasteiger charge is -2.21. The van der Waals surface area contributed by atoms with Crippen molar-refractivity contribution in [2.24, 2.45) is 0 Å². The lowest BCUT2D eigenvalue weighted by molar-refractivity contribution is -0.147. The molecule has 0 saturated carbocycles. The molecule has 1 aromatic rings. The Hall–Kier alpha value is -3.10. The van der Waals surface area contributed by atoms with E-state index in [2.05, 4.69) is 5.32 Å². The van der Waals surface area contributed by atoms with Crippen molar-refractivity contribution < 1.29 is 29.0 Å². The molecule has 1 aliphatic rings. The minimum Gasteiger partial charge on any atom is -0.480 e. The first-order chi connectivity index (χ1) is 13.9. The fourth-order valence-electron chi connectivity index (χ4n) is 3.31. The number of nitrogens with zero attached hydrogens (tertiary/aromatic N) is 2. The molecule has 9 nitrogen and oxygen atoms in total. The number of amides is 4. The quantitative estimate of drug-likeness (QED) is 0.455. The van der Waals surface area contributed by atoms with Crippen LogP contribution in [0, 0.1) is 0 Å². The summed E-state index contributed by atoms with van der Waals surface area (Å²) in [5.41, 5.74) is 0.875. The van der Waals surface area contributed by atoms with Crippen molar-refractivity contribution in [3.05, 3.63) is 35.9 Å². The number of ether oxygens (including phenoxy) is 1. The SMILES string of the molecule is CCC(C(=O)O)N1C(=O)C(CCCNC(=O)OCc2ccccc2)N(CC)C1=O. The molecule has 0 spiro atoms. The molecule has 1 aromatic carbocycles. The minimum absolute atomic E-state index is 0.145.